The van der Waals surface area contributed by atoms with E-state index in [0.29, 0.717) is 11.4 Å². The van der Waals surface area contributed by atoms with Crippen molar-refractivity contribution >= 4 is 40.0 Å². The molecule has 0 atom stereocenters. The van der Waals surface area contributed by atoms with Crippen LogP contribution in [0, 0.1) is 0 Å². The lowest BCUT2D eigenvalue weighted by atomic mass is 10.2. The molecule has 0 spiro atoms. The monoisotopic (exact) mass is 569 g/mol. The number of hydrogen-bond donors (Lipinski definition) is 2. The van der Waals surface area contributed by atoms with E-state index in [0.717, 1.165) is 57.1 Å². The zero-order chi connectivity index (χ0) is 21.7. The van der Waals surface area contributed by atoms with Crippen LogP contribution < -0.4 is 10.0 Å². The third kappa shape index (κ3) is 6.90. The van der Waals surface area contributed by atoms with Gasteiger partial charge in [0.25, 0.3) is 0 Å². The molecule has 0 radical (unpaired) electrons. The van der Waals surface area contributed by atoms with E-state index >= 15 is 0 Å². The Labute approximate surface area is 208 Å². The van der Waals surface area contributed by atoms with Gasteiger partial charge in [0.15, 0.2) is 5.96 Å². The quantitative estimate of drug-likeness (QED) is 0.305. The summed E-state index contributed by atoms with van der Waals surface area (Å²) < 4.78 is 27.3. The van der Waals surface area contributed by atoms with Crippen molar-refractivity contribution in [2.75, 3.05) is 33.2 Å². The Balaban J connectivity index is 0.00000289. The average Bonchev–Trinajstić information content (AvgIpc) is 3.60. The molecule has 32 heavy (non-hydrogen) atoms. The summed E-state index contributed by atoms with van der Waals surface area (Å²) in [6, 6.07) is 17.7. The number of sulfonamides is 1. The number of piperazine rings is 1. The molecule has 1 saturated heterocycles. The second kappa shape index (κ2) is 11.4. The van der Waals surface area contributed by atoms with Crippen molar-refractivity contribution in [3.8, 4) is 0 Å². The van der Waals surface area contributed by atoms with Gasteiger partial charge >= 0.3 is 0 Å². The first kappa shape index (κ1) is 24.9. The molecule has 2 aromatic carbocycles. The van der Waals surface area contributed by atoms with Crippen LogP contribution in [0.25, 0.3) is 0 Å². The molecule has 4 rings (SSSR count). The van der Waals surface area contributed by atoms with E-state index < -0.39 is 10.0 Å². The molecule has 1 aliphatic heterocycles. The molecule has 1 heterocycles. The number of guanidine groups is 1. The smallest absolute Gasteiger partial charge is 0.240 e. The topological polar surface area (TPSA) is 77.0 Å². The third-order valence-electron chi connectivity index (χ3n) is 5.72. The molecular weight excluding hydrogens is 537 g/mol. The van der Waals surface area contributed by atoms with Crippen molar-refractivity contribution in [2.24, 2.45) is 4.99 Å². The van der Waals surface area contributed by atoms with Crippen molar-refractivity contribution in [3.05, 3.63) is 65.7 Å². The minimum Gasteiger partial charge on any atom is -0.352 e. The highest BCUT2D eigenvalue weighted by atomic mass is 127. The van der Waals surface area contributed by atoms with Crippen LogP contribution in [0.5, 0.6) is 0 Å². The van der Waals surface area contributed by atoms with Gasteiger partial charge in [-0.3, -0.25) is 9.89 Å². The maximum Gasteiger partial charge on any atom is 0.240 e. The maximum atomic E-state index is 12.3. The number of halogens is 1. The Morgan fingerprint density at radius 2 is 1.62 bits per heavy atom. The van der Waals surface area contributed by atoms with Crippen molar-refractivity contribution in [1.82, 2.24) is 19.8 Å². The molecule has 9 heteroatoms. The zero-order valence-electron chi connectivity index (χ0n) is 18.4. The predicted molar refractivity (Wildman–Crippen MR) is 139 cm³/mol. The summed E-state index contributed by atoms with van der Waals surface area (Å²) in [6.45, 7) is 5.43. The second-order valence-electron chi connectivity index (χ2n) is 8.19. The highest BCUT2D eigenvalue weighted by molar-refractivity contribution is 14.0. The van der Waals surface area contributed by atoms with Gasteiger partial charge in [-0.25, -0.2) is 13.1 Å². The zero-order valence-corrected chi connectivity index (χ0v) is 21.6. The van der Waals surface area contributed by atoms with Gasteiger partial charge in [0.1, 0.15) is 0 Å². The van der Waals surface area contributed by atoms with E-state index in [4.69, 9.17) is 0 Å². The maximum absolute atomic E-state index is 12.3. The van der Waals surface area contributed by atoms with Crippen LogP contribution in [0.3, 0.4) is 0 Å². The SMILES string of the molecule is CN=C(NCc1ccc(S(=O)(=O)NC2CC2)cc1)N1CCN(Cc2ccccc2)CC1.I. The molecule has 1 saturated carbocycles. The molecule has 0 amide bonds. The number of benzene rings is 2. The van der Waals surface area contributed by atoms with E-state index in [1.165, 1.54) is 5.56 Å². The standard InChI is InChI=1S/C23H31N5O2S.HI/c1-24-23(28-15-13-27(14-16-28)18-20-5-3-2-4-6-20)25-17-19-7-11-22(12-8-19)31(29,30)26-21-9-10-21;/h2-8,11-12,21,26H,9-10,13-18H2,1H3,(H,24,25);1H. The lowest BCUT2D eigenvalue weighted by molar-refractivity contribution is 0.172. The summed E-state index contributed by atoms with van der Waals surface area (Å²) >= 11 is 0. The third-order valence-corrected chi connectivity index (χ3v) is 7.25. The van der Waals surface area contributed by atoms with Gasteiger partial charge in [0, 0.05) is 52.4 Å². The molecule has 2 fully saturated rings. The molecular formula is C23H32IN5O2S. The van der Waals surface area contributed by atoms with E-state index in [9.17, 15) is 8.42 Å². The highest BCUT2D eigenvalue weighted by Crippen LogP contribution is 2.22. The van der Waals surface area contributed by atoms with E-state index in [1.807, 2.05) is 12.1 Å². The van der Waals surface area contributed by atoms with Crippen molar-refractivity contribution < 1.29 is 8.42 Å². The first-order chi connectivity index (χ1) is 15.0. The first-order valence-corrected chi connectivity index (χ1v) is 12.3. The fraction of sp³-hybridized carbons (Fsp3) is 0.435. The Morgan fingerprint density at radius 3 is 2.22 bits per heavy atom. The van der Waals surface area contributed by atoms with Crippen molar-refractivity contribution in [1.29, 1.82) is 0 Å². The molecule has 0 bridgehead atoms. The Kier molecular flexibility index (Phi) is 8.92. The molecule has 1 aliphatic carbocycles. The Bertz CT molecular complexity index is 987. The summed E-state index contributed by atoms with van der Waals surface area (Å²) in [4.78, 5) is 9.50. The summed E-state index contributed by atoms with van der Waals surface area (Å²) in [5, 5.41) is 3.41. The fourth-order valence-corrected chi connectivity index (χ4v) is 5.05. The van der Waals surface area contributed by atoms with Crippen LogP contribution in [0.4, 0.5) is 0 Å². The fourth-order valence-electron chi connectivity index (χ4n) is 3.75. The summed E-state index contributed by atoms with van der Waals surface area (Å²) in [6.07, 6.45) is 1.86. The van der Waals surface area contributed by atoms with Crippen molar-refractivity contribution in [2.45, 2.75) is 36.9 Å². The number of nitrogens with one attached hydrogen (secondary N) is 2. The van der Waals surface area contributed by atoms with Gasteiger partial charge in [0.2, 0.25) is 10.0 Å². The lowest BCUT2D eigenvalue weighted by Crippen LogP contribution is -2.52. The van der Waals surface area contributed by atoms with E-state index in [-0.39, 0.29) is 30.0 Å². The van der Waals surface area contributed by atoms with Crippen LogP contribution in [0.1, 0.15) is 24.0 Å². The highest BCUT2D eigenvalue weighted by Gasteiger charge is 2.27. The van der Waals surface area contributed by atoms with Crippen LogP contribution in [-0.4, -0.2) is 63.4 Å². The van der Waals surface area contributed by atoms with Crippen LogP contribution in [-0.2, 0) is 23.1 Å². The summed E-state index contributed by atoms with van der Waals surface area (Å²) in [5.41, 5.74) is 2.37. The number of hydrogen-bond acceptors (Lipinski definition) is 4. The van der Waals surface area contributed by atoms with Gasteiger partial charge < -0.3 is 10.2 Å². The Hall–Kier alpha value is -1.69. The van der Waals surface area contributed by atoms with Gasteiger partial charge in [-0.05, 0) is 36.1 Å². The molecule has 2 aromatic rings. The molecule has 7 nitrogen and oxygen atoms in total. The minimum atomic E-state index is -3.40. The normalized spacial score (nSPS) is 17.7. The molecule has 0 unspecified atom stereocenters. The van der Waals surface area contributed by atoms with Crippen LogP contribution in [0.15, 0.2) is 64.5 Å². The average molecular weight is 570 g/mol. The van der Waals surface area contributed by atoms with Gasteiger partial charge in [-0.1, -0.05) is 42.5 Å². The van der Waals surface area contributed by atoms with Crippen LogP contribution in [0.2, 0.25) is 0 Å². The minimum absolute atomic E-state index is 0. The van der Waals surface area contributed by atoms with Crippen LogP contribution >= 0.6 is 24.0 Å². The molecule has 2 aliphatic rings. The second-order valence-corrected chi connectivity index (χ2v) is 9.90. The lowest BCUT2D eigenvalue weighted by Gasteiger charge is -2.36. The van der Waals surface area contributed by atoms with E-state index in [1.54, 1.807) is 19.2 Å². The number of nitrogens with zero attached hydrogens (tertiary/aromatic N) is 3. The first-order valence-electron chi connectivity index (χ1n) is 10.9. The molecule has 0 aromatic heterocycles. The largest absolute Gasteiger partial charge is 0.352 e. The van der Waals surface area contributed by atoms with Crippen molar-refractivity contribution in [3.63, 3.8) is 0 Å². The summed E-state index contributed by atoms with van der Waals surface area (Å²) in [7, 11) is -1.60. The Morgan fingerprint density at radius 1 is 0.969 bits per heavy atom. The van der Waals surface area contributed by atoms with Gasteiger partial charge in [0.05, 0.1) is 4.90 Å². The number of rotatable bonds is 7. The van der Waals surface area contributed by atoms with Gasteiger partial charge in [-0.15, -0.1) is 24.0 Å². The molecule has 2 N–H and O–H groups in total. The molecule has 174 valence electrons. The number of aliphatic imine (C=N–C) groups is 1. The van der Waals surface area contributed by atoms with Gasteiger partial charge in [-0.2, -0.15) is 0 Å². The summed E-state index contributed by atoms with van der Waals surface area (Å²) in [5.74, 6) is 0.881. The van der Waals surface area contributed by atoms with E-state index in [2.05, 4.69) is 55.2 Å². The predicted octanol–water partition coefficient (Wildman–Crippen LogP) is 2.64.